The van der Waals surface area contributed by atoms with Crippen molar-refractivity contribution in [1.29, 1.82) is 0 Å². The molecule has 1 aromatic heterocycles. The maximum Gasteiger partial charge on any atom is 0.145 e. The number of amidine groups is 1. The van der Waals surface area contributed by atoms with Crippen molar-refractivity contribution in [3.05, 3.63) is 23.8 Å². The topological polar surface area (TPSA) is 84.4 Å². The largest absolute Gasteiger partial charge is 0.409 e. The normalized spacial score (nSPS) is 11.6. The zero-order chi connectivity index (χ0) is 9.68. The zero-order valence-electron chi connectivity index (χ0n) is 7.44. The first-order chi connectivity index (χ1) is 6.26. The van der Waals surface area contributed by atoms with Crippen molar-refractivity contribution >= 4 is 5.84 Å². The highest BCUT2D eigenvalue weighted by molar-refractivity contribution is 5.81. The molecule has 13 heavy (non-hydrogen) atoms. The SMILES string of the molecule is CCc1cc(C/C(N)=N/O)ncn1. The van der Waals surface area contributed by atoms with Crippen molar-refractivity contribution in [2.75, 3.05) is 0 Å². The molecule has 0 atom stereocenters. The molecule has 0 saturated carbocycles. The second-order valence-electron chi connectivity index (χ2n) is 2.62. The minimum Gasteiger partial charge on any atom is -0.409 e. The number of hydrogen-bond donors (Lipinski definition) is 2. The molecule has 70 valence electrons. The van der Waals surface area contributed by atoms with Gasteiger partial charge in [-0.1, -0.05) is 12.1 Å². The number of aryl methyl sites for hydroxylation is 1. The zero-order valence-corrected chi connectivity index (χ0v) is 7.44. The van der Waals surface area contributed by atoms with Crippen LogP contribution in [0.2, 0.25) is 0 Å². The van der Waals surface area contributed by atoms with Crippen LogP contribution in [0.3, 0.4) is 0 Å². The van der Waals surface area contributed by atoms with Crippen molar-refractivity contribution in [3.8, 4) is 0 Å². The van der Waals surface area contributed by atoms with Gasteiger partial charge in [0.05, 0.1) is 12.1 Å². The molecule has 0 aliphatic rings. The standard InChI is InChI=1S/C8H12N4O/c1-2-6-3-7(11-5-10-6)4-8(9)12-13/h3,5,13H,2,4H2,1H3,(H2,9,12). The van der Waals surface area contributed by atoms with Gasteiger partial charge < -0.3 is 10.9 Å². The Morgan fingerprint density at radius 1 is 1.54 bits per heavy atom. The summed E-state index contributed by atoms with van der Waals surface area (Å²) in [6, 6.07) is 1.85. The van der Waals surface area contributed by atoms with E-state index in [1.54, 1.807) is 0 Å². The summed E-state index contributed by atoms with van der Waals surface area (Å²) in [6.07, 6.45) is 2.69. The van der Waals surface area contributed by atoms with Gasteiger partial charge >= 0.3 is 0 Å². The van der Waals surface area contributed by atoms with Crippen molar-refractivity contribution in [2.45, 2.75) is 19.8 Å². The number of oxime groups is 1. The van der Waals surface area contributed by atoms with Crippen LogP contribution in [-0.2, 0) is 12.8 Å². The molecule has 0 amide bonds. The monoisotopic (exact) mass is 180 g/mol. The number of nitrogens with two attached hydrogens (primary N) is 1. The Hall–Kier alpha value is -1.65. The van der Waals surface area contributed by atoms with Crippen LogP contribution in [0.1, 0.15) is 18.3 Å². The van der Waals surface area contributed by atoms with Crippen LogP contribution in [0.15, 0.2) is 17.5 Å². The Balaban J connectivity index is 2.77. The molecule has 5 nitrogen and oxygen atoms in total. The molecule has 0 saturated heterocycles. The van der Waals surface area contributed by atoms with Gasteiger partial charge in [-0.3, -0.25) is 0 Å². The second kappa shape index (κ2) is 4.39. The molecule has 0 fully saturated rings. The van der Waals surface area contributed by atoms with E-state index in [4.69, 9.17) is 10.9 Å². The lowest BCUT2D eigenvalue weighted by Crippen LogP contribution is -2.15. The van der Waals surface area contributed by atoms with Gasteiger partial charge in [0.25, 0.3) is 0 Å². The molecule has 0 spiro atoms. The van der Waals surface area contributed by atoms with E-state index in [0.717, 1.165) is 17.8 Å². The molecule has 5 heteroatoms. The average molecular weight is 180 g/mol. The lowest BCUT2D eigenvalue weighted by Gasteiger charge is -2.00. The lowest BCUT2D eigenvalue weighted by molar-refractivity contribution is 0.317. The summed E-state index contributed by atoms with van der Waals surface area (Å²) in [5.41, 5.74) is 7.06. The summed E-state index contributed by atoms with van der Waals surface area (Å²) >= 11 is 0. The predicted molar refractivity (Wildman–Crippen MR) is 48.5 cm³/mol. The van der Waals surface area contributed by atoms with Crippen LogP contribution in [0, 0.1) is 0 Å². The first kappa shape index (κ1) is 9.44. The summed E-state index contributed by atoms with van der Waals surface area (Å²) in [5.74, 6) is 0.153. The fourth-order valence-corrected chi connectivity index (χ4v) is 0.955. The predicted octanol–water partition coefficient (Wildman–Crippen LogP) is 0.328. The summed E-state index contributed by atoms with van der Waals surface area (Å²) in [5, 5.41) is 11.2. The first-order valence-electron chi connectivity index (χ1n) is 4.02. The van der Waals surface area contributed by atoms with Crippen LogP contribution < -0.4 is 5.73 Å². The lowest BCUT2D eigenvalue weighted by atomic mass is 10.2. The molecule has 0 aromatic carbocycles. The van der Waals surface area contributed by atoms with E-state index in [0.29, 0.717) is 6.42 Å². The molecule has 0 aliphatic heterocycles. The van der Waals surface area contributed by atoms with Gasteiger partial charge in [0, 0.05) is 5.69 Å². The molecule has 0 bridgehead atoms. The summed E-state index contributed by atoms with van der Waals surface area (Å²) in [4.78, 5) is 8.03. The minimum atomic E-state index is 0.153. The van der Waals surface area contributed by atoms with Gasteiger partial charge in [0.15, 0.2) is 0 Å². The van der Waals surface area contributed by atoms with E-state index in [9.17, 15) is 0 Å². The highest BCUT2D eigenvalue weighted by atomic mass is 16.4. The molecule has 1 aromatic rings. The average Bonchev–Trinajstić information content (AvgIpc) is 2.18. The highest BCUT2D eigenvalue weighted by Gasteiger charge is 2.00. The van der Waals surface area contributed by atoms with Crippen molar-refractivity contribution in [2.24, 2.45) is 10.9 Å². The Morgan fingerprint density at radius 3 is 2.85 bits per heavy atom. The van der Waals surface area contributed by atoms with E-state index in [1.807, 2.05) is 13.0 Å². The first-order valence-corrected chi connectivity index (χ1v) is 4.02. The number of hydrogen-bond acceptors (Lipinski definition) is 4. The van der Waals surface area contributed by atoms with Gasteiger partial charge in [0.1, 0.15) is 12.2 Å². The maximum absolute atomic E-state index is 8.34. The molecular formula is C8H12N4O. The fourth-order valence-electron chi connectivity index (χ4n) is 0.955. The third kappa shape index (κ3) is 2.70. The third-order valence-corrected chi connectivity index (χ3v) is 1.63. The minimum absolute atomic E-state index is 0.153. The van der Waals surface area contributed by atoms with Gasteiger partial charge in [0.2, 0.25) is 0 Å². The van der Waals surface area contributed by atoms with Crippen LogP contribution in [0.5, 0.6) is 0 Å². The van der Waals surface area contributed by atoms with Crippen molar-refractivity contribution in [1.82, 2.24) is 9.97 Å². The number of rotatable bonds is 3. The smallest absolute Gasteiger partial charge is 0.145 e. The van der Waals surface area contributed by atoms with E-state index < -0.39 is 0 Å². The molecule has 0 unspecified atom stereocenters. The Kier molecular flexibility index (Phi) is 3.19. The highest BCUT2D eigenvalue weighted by Crippen LogP contribution is 1.99. The second-order valence-corrected chi connectivity index (χ2v) is 2.62. The van der Waals surface area contributed by atoms with E-state index in [2.05, 4.69) is 15.1 Å². The van der Waals surface area contributed by atoms with Crippen molar-refractivity contribution in [3.63, 3.8) is 0 Å². The van der Waals surface area contributed by atoms with Crippen LogP contribution >= 0.6 is 0 Å². The van der Waals surface area contributed by atoms with Gasteiger partial charge in [-0.05, 0) is 12.5 Å². The van der Waals surface area contributed by atoms with Gasteiger partial charge in [-0.25, -0.2) is 9.97 Å². The molecule has 1 heterocycles. The number of aromatic nitrogens is 2. The van der Waals surface area contributed by atoms with Crippen LogP contribution in [-0.4, -0.2) is 21.0 Å². The van der Waals surface area contributed by atoms with Crippen LogP contribution in [0.25, 0.3) is 0 Å². The summed E-state index contributed by atoms with van der Waals surface area (Å²) < 4.78 is 0. The quantitative estimate of drug-likeness (QED) is 0.304. The van der Waals surface area contributed by atoms with E-state index in [1.165, 1.54) is 6.33 Å². The van der Waals surface area contributed by atoms with Gasteiger partial charge in [-0.15, -0.1) is 0 Å². The third-order valence-electron chi connectivity index (χ3n) is 1.63. The Morgan fingerprint density at radius 2 is 2.23 bits per heavy atom. The number of nitrogens with zero attached hydrogens (tertiary/aromatic N) is 3. The summed E-state index contributed by atoms with van der Waals surface area (Å²) in [7, 11) is 0. The molecule has 0 aliphatic carbocycles. The summed E-state index contributed by atoms with van der Waals surface area (Å²) in [6.45, 7) is 2.01. The van der Waals surface area contributed by atoms with Crippen molar-refractivity contribution < 1.29 is 5.21 Å². The Bertz CT molecular complexity index is 311. The fraction of sp³-hybridized carbons (Fsp3) is 0.375. The van der Waals surface area contributed by atoms with E-state index in [-0.39, 0.29) is 5.84 Å². The molecule has 0 radical (unpaired) electrons. The van der Waals surface area contributed by atoms with Gasteiger partial charge in [-0.2, -0.15) is 0 Å². The van der Waals surface area contributed by atoms with Crippen LogP contribution in [0.4, 0.5) is 0 Å². The maximum atomic E-state index is 8.34. The van der Waals surface area contributed by atoms with E-state index >= 15 is 0 Å². The molecular weight excluding hydrogens is 168 g/mol. The molecule has 3 N–H and O–H groups in total. The Labute approximate surface area is 76.3 Å². The molecule has 1 rings (SSSR count).